The van der Waals surface area contributed by atoms with E-state index in [1.165, 1.54) is 0 Å². The number of hydrogen-bond acceptors (Lipinski definition) is 3. The molecular weight excluding hydrogens is 314 g/mol. The fourth-order valence-corrected chi connectivity index (χ4v) is 2.78. The fraction of sp³-hybridized carbons (Fsp3) is 0.300. The summed E-state index contributed by atoms with van der Waals surface area (Å²) in [5, 5.41) is 2.94. The van der Waals surface area contributed by atoms with E-state index >= 15 is 0 Å². The lowest BCUT2D eigenvalue weighted by molar-refractivity contribution is 0.102. The summed E-state index contributed by atoms with van der Waals surface area (Å²) >= 11 is 0. The molecule has 3 aromatic rings. The van der Waals surface area contributed by atoms with Crippen LogP contribution in [0.15, 0.2) is 42.5 Å². The Bertz CT molecular complexity index is 870. The number of rotatable bonds is 7. The van der Waals surface area contributed by atoms with Gasteiger partial charge in [-0.15, -0.1) is 0 Å². The number of aryl methyl sites for hydroxylation is 1. The van der Waals surface area contributed by atoms with Gasteiger partial charge in [0.25, 0.3) is 5.91 Å². The summed E-state index contributed by atoms with van der Waals surface area (Å²) in [5.74, 6) is 0.857. The average molecular weight is 337 g/mol. The summed E-state index contributed by atoms with van der Waals surface area (Å²) in [6.45, 7) is 2.65. The second-order valence-corrected chi connectivity index (χ2v) is 6.11. The number of anilines is 1. The van der Waals surface area contributed by atoms with Crippen LogP contribution in [0, 0.1) is 0 Å². The van der Waals surface area contributed by atoms with Crippen molar-refractivity contribution in [3.8, 4) is 0 Å². The molecule has 2 aromatic carbocycles. The topological polar surface area (TPSA) is 67.0 Å². The highest BCUT2D eigenvalue weighted by Gasteiger charge is 2.09. The third-order valence-electron chi connectivity index (χ3n) is 4.06. The first kappa shape index (κ1) is 17.2. The maximum absolute atomic E-state index is 12.5. The Morgan fingerprint density at radius 3 is 2.92 bits per heavy atom. The van der Waals surface area contributed by atoms with Crippen molar-refractivity contribution < 1.29 is 9.53 Å². The average Bonchev–Trinajstić information content (AvgIpc) is 3.02. The monoisotopic (exact) mass is 337 g/mol. The van der Waals surface area contributed by atoms with Gasteiger partial charge in [-0.05, 0) is 42.3 Å². The van der Waals surface area contributed by atoms with Gasteiger partial charge in [0.05, 0.1) is 17.6 Å². The smallest absolute Gasteiger partial charge is 0.255 e. The Morgan fingerprint density at radius 1 is 1.24 bits per heavy atom. The van der Waals surface area contributed by atoms with Gasteiger partial charge in [-0.3, -0.25) is 4.79 Å². The summed E-state index contributed by atoms with van der Waals surface area (Å²) in [6.07, 6.45) is 3.20. The quantitative estimate of drug-likeness (QED) is 0.675. The van der Waals surface area contributed by atoms with Crippen LogP contribution >= 0.6 is 0 Å². The summed E-state index contributed by atoms with van der Waals surface area (Å²) < 4.78 is 5.12. The first-order chi connectivity index (χ1) is 12.2. The van der Waals surface area contributed by atoms with E-state index in [2.05, 4.69) is 22.2 Å². The molecule has 0 bridgehead atoms. The van der Waals surface area contributed by atoms with Gasteiger partial charge in [-0.1, -0.05) is 25.5 Å². The summed E-state index contributed by atoms with van der Waals surface area (Å²) in [4.78, 5) is 20.4. The lowest BCUT2D eigenvalue weighted by Crippen LogP contribution is -2.12. The Kier molecular flexibility index (Phi) is 5.46. The van der Waals surface area contributed by atoms with Crippen molar-refractivity contribution in [2.45, 2.75) is 32.8 Å². The molecule has 0 spiro atoms. The predicted molar refractivity (Wildman–Crippen MR) is 99.8 cm³/mol. The van der Waals surface area contributed by atoms with Gasteiger partial charge in [0, 0.05) is 24.8 Å². The van der Waals surface area contributed by atoms with Crippen molar-refractivity contribution in [1.82, 2.24) is 9.97 Å². The van der Waals surface area contributed by atoms with Crippen LogP contribution in [-0.2, 0) is 17.8 Å². The molecule has 5 heteroatoms. The van der Waals surface area contributed by atoms with Crippen LogP contribution in [0.25, 0.3) is 11.0 Å². The van der Waals surface area contributed by atoms with Crippen molar-refractivity contribution in [2.24, 2.45) is 0 Å². The zero-order valence-electron chi connectivity index (χ0n) is 14.6. The lowest BCUT2D eigenvalue weighted by atomic mass is 10.1. The molecule has 0 aliphatic carbocycles. The van der Waals surface area contributed by atoms with Crippen LogP contribution < -0.4 is 5.32 Å². The minimum atomic E-state index is -0.136. The van der Waals surface area contributed by atoms with Crippen molar-refractivity contribution in [3.63, 3.8) is 0 Å². The molecule has 0 saturated carbocycles. The van der Waals surface area contributed by atoms with E-state index < -0.39 is 0 Å². The van der Waals surface area contributed by atoms with Crippen LogP contribution in [0.4, 0.5) is 5.69 Å². The number of nitrogens with one attached hydrogen (secondary N) is 2. The van der Waals surface area contributed by atoms with E-state index in [4.69, 9.17) is 4.74 Å². The van der Waals surface area contributed by atoms with Gasteiger partial charge in [-0.25, -0.2) is 4.98 Å². The number of ether oxygens (including phenoxy) is 1. The van der Waals surface area contributed by atoms with E-state index in [1.807, 2.05) is 36.4 Å². The Balaban J connectivity index is 1.75. The molecular formula is C20H23N3O2. The lowest BCUT2D eigenvalue weighted by Gasteiger charge is -2.07. The molecule has 130 valence electrons. The molecule has 0 fully saturated rings. The number of fused-ring (bicyclic) bond motifs is 1. The molecule has 1 heterocycles. The van der Waals surface area contributed by atoms with Gasteiger partial charge in [0.2, 0.25) is 0 Å². The Hall–Kier alpha value is -2.66. The van der Waals surface area contributed by atoms with E-state index in [-0.39, 0.29) is 5.91 Å². The summed E-state index contributed by atoms with van der Waals surface area (Å²) in [6, 6.07) is 13.2. The van der Waals surface area contributed by atoms with Crippen molar-refractivity contribution >= 4 is 22.6 Å². The highest BCUT2D eigenvalue weighted by Crippen LogP contribution is 2.19. The number of carbonyl (C=O) groups is 1. The van der Waals surface area contributed by atoms with E-state index in [0.717, 1.165) is 47.4 Å². The summed E-state index contributed by atoms with van der Waals surface area (Å²) in [5.41, 5.74) is 4.20. The number of hydrogen-bond donors (Lipinski definition) is 2. The van der Waals surface area contributed by atoms with Crippen molar-refractivity contribution in [2.75, 3.05) is 12.4 Å². The number of aromatic nitrogens is 2. The summed E-state index contributed by atoms with van der Waals surface area (Å²) in [7, 11) is 1.64. The van der Waals surface area contributed by atoms with Crippen LogP contribution in [0.5, 0.6) is 0 Å². The number of aromatic amines is 1. The standard InChI is InChI=1S/C20H23N3O2/c1-3-4-8-19-22-17-10-9-16(12-18(17)23-19)21-20(24)15-7-5-6-14(11-15)13-25-2/h5-7,9-12H,3-4,8,13H2,1-2H3,(H,21,24)(H,22,23). The molecule has 1 aromatic heterocycles. The van der Waals surface area contributed by atoms with Gasteiger partial charge in [0.1, 0.15) is 5.82 Å². The normalized spacial score (nSPS) is 11.0. The van der Waals surface area contributed by atoms with Crippen molar-refractivity contribution in [3.05, 3.63) is 59.4 Å². The van der Waals surface area contributed by atoms with Crippen LogP contribution in [0.3, 0.4) is 0 Å². The highest BCUT2D eigenvalue weighted by molar-refractivity contribution is 6.05. The SMILES string of the molecule is CCCCc1nc2ccc(NC(=O)c3cccc(COC)c3)cc2[nH]1. The zero-order chi connectivity index (χ0) is 17.6. The fourth-order valence-electron chi connectivity index (χ4n) is 2.78. The molecule has 0 aliphatic rings. The molecule has 0 saturated heterocycles. The maximum atomic E-state index is 12.5. The minimum absolute atomic E-state index is 0.136. The highest BCUT2D eigenvalue weighted by atomic mass is 16.5. The number of methoxy groups -OCH3 is 1. The van der Waals surface area contributed by atoms with E-state index in [1.54, 1.807) is 13.2 Å². The van der Waals surface area contributed by atoms with Gasteiger partial charge in [0.15, 0.2) is 0 Å². The molecule has 3 rings (SSSR count). The largest absolute Gasteiger partial charge is 0.380 e. The molecule has 5 nitrogen and oxygen atoms in total. The van der Waals surface area contributed by atoms with E-state index in [9.17, 15) is 4.79 Å². The van der Waals surface area contributed by atoms with E-state index in [0.29, 0.717) is 12.2 Å². The molecule has 25 heavy (non-hydrogen) atoms. The second-order valence-electron chi connectivity index (χ2n) is 6.11. The number of benzene rings is 2. The number of unbranched alkanes of at least 4 members (excludes halogenated alkanes) is 1. The molecule has 0 unspecified atom stereocenters. The third kappa shape index (κ3) is 4.25. The van der Waals surface area contributed by atoms with Crippen LogP contribution in [0.2, 0.25) is 0 Å². The van der Waals surface area contributed by atoms with Gasteiger partial charge < -0.3 is 15.0 Å². The number of H-pyrrole nitrogens is 1. The zero-order valence-corrected chi connectivity index (χ0v) is 14.6. The van der Waals surface area contributed by atoms with Crippen LogP contribution in [-0.4, -0.2) is 23.0 Å². The predicted octanol–water partition coefficient (Wildman–Crippen LogP) is 4.30. The minimum Gasteiger partial charge on any atom is -0.380 e. The molecule has 2 N–H and O–H groups in total. The molecule has 0 atom stereocenters. The maximum Gasteiger partial charge on any atom is 0.255 e. The van der Waals surface area contributed by atoms with Crippen LogP contribution in [0.1, 0.15) is 41.5 Å². The molecule has 1 amide bonds. The number of imidazole rings is 1. The molecule has 0 radical (unpaired) electrons. The number of nitrogens with zero attached hydrogens (tertiary/aromatic N) is 1. The molecule has 0 aliphatic heterocycles. The number of amides is 1. The van der Waals surface area contributed by atoms with Gasteiger partial charge in [-0.2, -0.15) is 0 Å². The van der Waals surface area contributed by atoms with Crippen molar-refractivity contribution in [1.29, 1.82) is 0 Å². The first-order valence-corrected chi connectivity index (χ1v) is 8.57. The Morgan fingerprint density at radius 2 is 2.12 bits per heavy atom. The second kappa shape index (κ2) is 7.94. The van der Waals surface area contributed by atoms with Gasteiger partial charge >= 0.3 is 0 Å². The first-order valence-electron chi connectivity index (χ1n) is 8.57. The number of carbonyl (C=O) groups excluding carboxylic acids is 1. The Labute approximate surface area is 147 Å². The third-order valence-corrected chi connectivity index (χ3v) is 4.06.